The standard InChI is InChI=1S/C51H32N4O/c1-4-15-33(16-5-1)36-21-14-22-37(29-36)38-27-28-42-43-31-39(55-45-25-12-10-23-40(45)41-24-11-13-26-46(41)55)32-44(48(43)56-47(42)30-38)51-53-49(34-17-6-2-7-18-34)52-50(54-51)35-19-8-3-9-20-35/h1-32H/i2D,6D,7D,17D,18D. The lowest BCUT2D eigenvalue weighted by Gasteiger charge is -2.12. The molecular formula is C51H32N4O. The van der Waals surface area contributed by atoms with E-state index < -0.39 is 30.2 Å². The van der Waals surface area contributed by atoms with Gasteiger partial charge in [-0.3, -0.25) is 0 Å². The molecule has 0 radical (unpaired) electrons. The fourth-order valence-corrected chi connectivity index (χ4v) is 7.73. The topological polar surface area (TPSA) is 56.7 Å². The Morgan fingerprint density at radius 3 is 1.70 bits per heavy atom. The average Bonchev–Trinajstić information content (AvgIpc) is 3.86. The van der Waals surface area contributed by atoms with Gasteiger partial charge in [0.1, 0.15) is 11.2 Å². The molecule has 0 aliphatic rings. The maximum atomic E-state index is 8.87. The number of furan rings is 1. The van der Waals surface area contributed by atoms with Crippen molar-refractivity contribution < 1.29 is 11.3 Å². The van der Waals surface area contributed by atoms with E-state index in [1.165, 1.54) is 0 Å². The number of aromatic nitrogens is 4. The van der Waals surface area contributed by atoms with Gasteiger partial charge in [0.25, 0.3) is 0 Å². The Morgan fingerprint density at radius 2 is 0.982 bits per heavy atom. The summed E-state index contributed by atoms with van der Waals surface area (Å²) in [6.07, 6.45) is 0. The Kier molecular flexibility index (Phi) is 6.29. The second-order valence-corrected chi connectivity index (χ2v) is 13.7. The molecule has 0 saturated heterocycles. The first-order valence-corrected chi connectivity index (χ1v) is 18.4. The van der Waals surface area contributed by atoms with E-state index in [-0.39, 0.29) is 23.0 Å². The minimum Gasteiger partial charge on any atom is -0.455 e. The summed E-state index contributed by atoms with van der Waals surface area (Å²) >= 11 is 0. The van der Waals surface area contributed by atoms with Crippen LogP contribution in [0.4, 0.5) is 0 Å². The number of rotatable bonds is 6. The third-order valence-electron chi connectivity index (χ3n) is 10.3. The Labute approximate surface area is 329 Å². The normalized spacial score (nSPS) is 12.8. The third kappa shape index (κ3) is 5.37. The highest BCUT2D eigenvalue weighted by Crippen LogP contribution is 2.41. The van der Waals surface area contributed by atoms with Crippen LogP contribution in [0.25, 0.3) is 106 Å². The summed E-state index contributed by atoms with van der Waals surface area (Å²) in [6, 6.07) is 52.9. The molecule has 8 aromatic carbocycles. The molecule has 0 atom stereocenters. The third-order valence-corrected chi connectivity index (χ3v) is 10.3. The second kappa shape index (κ2) is 13.0. The van der Waals surface area contributed by atoms with Crippen molar-refractivity contribution in [1.82, 2.24) is 19.5 Å². The number of fused-ring (bicyclic) bond motifs is 6. The Balaban J connectivity index is 1.21. The molecule has 0 fully saturated rings. The molecule has 0 unspecified atom stereocenters. The van der Waals surface area contributed by atoms with E-state index in [0.29, 0.717) is 22.3 Å². The van der Waals surface area contributed by atoms with Gasteiger partial charge in [-0.25, -0.2) is 15.0 Å². The summed E-state index contributed by atoms with van der Waals surface area (Å²) < 4.78 is 52.0. The molecule has 0 aliphatic carbocycles. The minimum absolute atomic E-state index is 0.0482. The van der Waals surface area contributed by atoms with E-state index in [2.05, 4.69) is 89.5 Å². The van der Waals surface area contributed by atoms with Crippen molar-refractivity contribution in [3.8, 4) is 62.1 Å². The first kappa shape index (κ1) is 27.0. The number of nitrogens with zero attached hydrogens (tertiary/aromatic N) is 4. The van der Waals surface area contributed by atoms with Crippen molar-refractivity contribution in [3.63, 3.8) is 0 Å². The van der Waals surface area contributed by atoms with Gasteiger partial charge in [0.2, 0.25) is 0 Å². The van der Waals surface area contributed by atoms with E-state index in [1.54, 1.807) is 0 Å². The zero-order valence-corrected chi connectivity index (χ0v) is 29.8. The van der Waals surface area contributed by atoms with Crippen LogP contribution in [0.15, 0.2) is 198 Å². The van der Waals surface area contributed by atoms with Gasteiger partial charge >= 0.3 is 0 Å². The lowest BCUT2D eigenvalue weighted by atomic mass is 9.98. The number of hydrogen-bond acceptors (Lipinski definition) is 4. The SMILES string of the molecule is [2H]c1c([2H])c([2H])c(-c2nc(-c3ccccc3)nc(-c3cc(-n4c5ccccc5c5ccccc54)cc4c3oc3cc(-c5cccc(-c6ccccc6)c5)ccc34)n2)c([2H])c1[2H]. The van der Waals surface area contributed by atoms with Gasteiger partial charge in [-0.05, 0) is 64.7 Å². The highest BCUT2D eigenvalue weighted by atomic mass is 16.3. The molecule has 262 valence electrons. The first-order valence-electron chi connectivity index (χ1n) is 20.9. The van der Waals surface area contributed by atoms with Crippen molar-refractivity contribution in [1.29, 1.82) is 0 Å². The largest absolute Gasteiger partial charge is 0.455 e. The van der Waals surface area contributed by atoms with Crippen LogP contribution in [0.2, 0.25) is 0 Å². The van der Waals surface area contributed by atoms with E-state index in [0.717, 1.165) is 60.5 Å². The van der Waals surface area contributed by atoms with Crippen molar-refractivity contribution in [2.24, 2.45) is 0 Å². The molecule has 5 heteroatoms. The Morgan fingerprint density at radius 1 is 0.411 bits per heavy atom. The van der Waals surface area contributed by atoms with E-state index in [9.17, 15) is 0 Å². The molecule has 0 N–H and O–H groups in total. The van der Waals surface area contributed by atoms with Crippen molar-refractivity contribution in [2.75, 3.05) is 0 Å². The lowest BCUT2D eigenvalue weighted by molar-refractivity contribution is 0.669. The van der Waals surface area contributed by atoms with Gasteiger partial charge in [-0.15, -0.1) is 0 Å². The van der Waals surface area contributed by atoms with Crippen LogP contribution < -0.4 is 0 Å². The summed E-state index contributed by atoms with van der Waals surface area (Å²) in [5, 5.41) is 3.94. The fraction of sp³-hybridized carbons (Fsp3) is 0. The second-order valence-electron chi connectivity index (χ2n) is 13.7. The van der Waals surface area contributed by atoms with Gasteiger partial charge in [-0.1, -0.05) is 152 Å². The molecule has 0 bridgehead atoms. The van der Waals surface area contributed by atoms with Gasteiger partial charge in [0.15, 0.2) is 17.5 Å². The lowest BCUT2D eigenvalue weighted by Crippen LogP contribution is -2.01. The summed E-state index contributed by atoms with van der Waals surface area (Å²) in [4.78, 5) is 14.8. The quantitative estimate of drug-likeness (QED) is 0.172. The zero-order valence-electron chi connectivity index (χ0n) is 34.8. The smallest absolute Gasteiger partial charge is 0.167 e. The molecule has 3 aromatic heterocycles. The monoisotopic (exact) mass is 721 g/mol. The summed E-state index contributed by atoms with van der Waals surface area (Å²) in [5.74, 6) is 0.450. The van der Waals surface area contributed by atoms with Crippen LogP contribution in [-0.2, 0) is 0 Å². The maximum absolute atomic E-state index is 8.87. The molecular weight excluding hydrogens is 685 g/mol. The fourth-order valence-electron chi connectivity index (χ4n) is 7.73. The highest BCUT2D eigenvalue weighted by Gasteiger charge is 2.22. The predicted octanol–water partition coefficient (Wildman–Crippen LogP) is 13.2. The Bertz CT molecular complexity index is 3470. The molecule has 11 rings (SSSR count). The van der Waals surface area contributed by atoms with Gasteiger partial charge in [0.05, 0.1) is 23.5 Å². The number of para-hydroxylation sites is 2. The molecule has 0 aliphatic heterocycles. The van der Waals surface area contributed by atoms with Crippen LogP contribution in [0.1, 0.15) is 6.85 Å². The molecule has 0 spiro atoms. The minimum atomic E-state index is -0.495. The molecule has 3 heterocycles. The molecule has 0 saturated carbocycles. The number of benzene rings is 8. The maximum Gasteiger partial charge on any atom is 0.167 e. The van der Waals surface area contributed by atoms with Crippen LogP contribution in [-0.4, -0.2) is 19.5 Å². The van der Waals surface area contributed by atoms with Crippen molar-refractivity contribution >= 4 is 43.7 Å². The van der Waals surface area contributed by atoms with Gasteiger partial charge < -0.3 is 8.98 Å². The molecule has 11 aromatic rings. The highest BCUT2D eigenvalue weighted by molar-refractivity contribution is 6.13. The molecule has 5 nitrogen and oxygen atoms in total. The van der Waals surface area contributed by atoms with Crippen molar-refractivity contribution in [3.05, 3.63) is 194 Å². The first-order chi connectivity index (χ1) is 29.8. The van der Waals surface area contributed by atoms with Gasteiger partial charge in [-0.2, -0.15) is 0 Å². The molecule has 0 amide bonds. The zero-order chi connectivity index (χ0) is 41.4. The van der Waals surface area contributed by atoms with E-state index >= 15 is 0 Å². The Hall–Kier alpha value is -7.63. The van der Waals surface area contributed by atoms with E-state index in [1.807, 2.05) is 78.9 Å². The summed E-state index contributed by atoms with van der Waals surface area (Å²) in [5.41, 5.74) is 9.45. The van der Waals surface area contributed by atoms with E-state index in [4.69, 9.17) is 26.2 Å². The summed E-state index contributed by atoms with van der Waals surface area (Å²) in [6.45, 7) is 0. The number of hydrogen-bond donors (Lipinski definition) is 0. The van der Waals surface area contributed by atoms with Crippen LogP contribution >= 0.6 is 0 Å². The van der Waals surface area contributed by atoms with Crippen LogP contribution in [0.3, 0.4) is 0 Å². The average molecular weight is 722 g/mol. The predicted molar refractivity (Wildman–Crippen MR) is 229 cm³/mol. The summed E-state index contributed by atoms with van der Waals surface area (Å²) in [7, 11) is 0. The van der Waals surface area contributed by atoms with Crippen molar-refractivity contribution in [2.45, 2.75) is 0 Å². The van der Waals surface area contributed by atoms with Crippen LogP contribution in [0.5, 0.6) is 0 Å². The van der Waals surface area contributed by atoms with Gasteiger partial charge in [0, 0.05) is 38.4 Å². The van der Waals surface area contributed by atoms with Crippen LogP contribution in [0, 0.1) is 0 Å². The molecule has 56 heavy (non-hydrogen) atoms.